The lowest BCUT2D eigenvalue weighted by atomic mass is 10.2. The summed E-state index contributed by atoms with van der Waals surface area (Å²) in [5.74, 6) is 0.537. The number of hydrogen-bond donors (Lipinski definition) is 1. The van der Waals surface area contributed by atoms with Gasteiger partial charge in [-0.1, -0.05) is 12.1 Å². The molecule has 1 heterocycles. The predicted octanol–water partition coefficient (Wildman–Crippen LogP) is 3.00. The Morgan fingerprint density at radius 1 is 1.38 bits per heavy atom. The summed E-state index contributed by atoms with van der Waals surface area (Å²) < 4.78 is 6.28. The van der Waals surface area contributed by atoms with Crippen molar-refractivity contribution in [1.29, 1.82) is 0 Å². The highest BCUT2D eigenvalue weighted by atomic mass is 127. The average molecular weight is 304 g/mol. The fourth-order valence-electron chi connectivity index (χ4n) is 0.980. The van der Waals surface area contributed by atoms with E-state index in [0.29, 0.717) is 10.7 Å². The zero-order chi connectivity index (χ0) is 9.26. The molecular weight excluding hydrogens is 299 g/mol. The minimum Gasteiger partial charge on any atom is -0.409 e. The molecule has 0 atom stereocenters. The number of rotatable bonds is 1. The van der Waals surface area contributed by atoms with Crippen molar-refractivity contribution in [3.05, 3.63) is 32.7 Å². The first-order valence-electron chi connectivity index (χ1n) is 3.58. The monoisotopic (exact) mass is 304 g/mol. The van der Waals surface area contributed by atoms with Crippen molar-refractivity contribution >= 4 is 34.8 Å². The molecular formula is C8H5IN2OS. The zero-order valence-corrected chi connectivity index (χ0v) is 9.43. The molecule has 0 aliphatic rings. The highest BCUT2D eigenvalue weighted by molar-refractivity contribution is 14.1. The minimum absolute atomic E-state index is 0.301. The Balaban J connectivity index is 2.58. The highest BCUT2D eigenvalue weighted by Gasteiger charge is 2.06. The van der Waals surface area contributed by atoms with E-state index in [-0.39, 0.29) is 0 Å². The van der Waals surface area contributed by atoms with Gasteiger partial charge in [-0.15, -0.1) is 5.10 Å². The summed E-state index contributed by atoms with van der Waals surface area (Å²) >= 11 is 7.01. The van der Waals surface area contributed by atoms with E-state index in [9.17, 15) is 0 Å². The number of aromatic nitrogens is 2. The number of H-pyrrole nitrogens is 1. The number of aromatic amines is 1. The van der Waals surface area contributed by atoms with E-state index < -0.39 is 0 Å². The van der Waals surface area contributed by atoms with Gasteiger partial charge in [0.25, 0.3) is 4.84 Å². The second-order valence-corrected chi connectivity index (χ2v) is 3.93. The third kappa shape index (κ3) is 1.80. The first kappa shape index (κ1) is 8.89. The van der Waals surface area contributed by atoms with Gasteiger partial charge in [0.15, 0.2) is 0 Å². The molecule has 13 heavy (non-hydrogen) atoms. The number of hydrogen-bond acceptors (Lipinski definition) is 3. The summed E-state index contributed by atoms with van der Waals surface area (Å²) in [5, 5.41) is 6.54. The van der Waals surface area contributed by atoms with Crippen LogP contribution in [0.1, 0.15) is 0 Å². The van der Waals surface area contributed by atoms with Crippen molar-refractivity contribution in [3.8, 4) is 11.5 Å². The van der Waals surface area contributed by atoms with E-state index in [1.807, 2.05) is 24.3 Å². The first-order chi connectivity index (χ1) is 6.27. The lowest BCUT2D eigenvalue weighted by Gasteiger charge is -1.96. The van der Waals surface area contributed by atoms with Crippen LogP contribution in [0.25, 0.3) is 11.5 Å². The molecule has 0 saturated carbocycles. The molecule has 0 aliphatic carbocycles. The van der Waals surface area contributed by atoms with Crippen LogP contribution >= 0.6 is 34.8 Å². The minimum atomic E-state index is 0.301. The topological polar surface area (TPSA) is 41.8 Å². The smallest absolute Gasteiger partial charge is 0.284 e. The Hall–Kier alpha value is -0.690. The van der Waals surface area contributed by atoms with Crippen LogP contribution in [0.3, 0.4) is 0 Å². The molecule has 0 aliphatic heterocycles. The zero-order valence-electron chi connectivity index (χ0n) is 6.45. The molecule has 0 amide bonds. The predicted molar refractivity (Wildman–Crippen MR) is 59.8 cm³/mol. The summed E-state index contributed by atoms with van der Waals surface area (Å²) in [6.45, 7) is 0. The van der Waals surface area contributed by atoms with Crippen molar-refractivity contribution in [1.82, 2.24) is 10.2 Å². The van der Waals surface area contributed by atoms with Gasteiger partial charge in [0.05, 0.1) is 5.56 Å². The third-order valence-electron chi connectivity index (χ3n) is 1.54. The molecule has 0 spiro atoms. The molecule has 0 saturated heterocycles. The fraction of sp³-hybridized carbons (Fsp3) is 0. The molecule has 0 unspecified atom stereocenters. The molecule has 2 aromatic rings. The number of nitrogens with zero attached hydrogens (tertiary/aromatic N) is 1. The molecule has 0 fully saturated rings. The summed E-state index contributed by atoms with van der Waals surface area (Å²) in [5.41, 5.74) is 0.954. The Morgan fingerprint density at radius 2 is 2.15 bits per heavy atom. The summed E-state index contributed by atoms with van der Waals surface area (Å²) in [4.78, 5) is 0.301. The van der Waals surface area contributed by atoms with E-state index in [4.69, 9.17) is 16.6 Å². The van der Waals surface area contributed by atoms with Gasteiger partial charge < -0.3 is 4.42 Å². The van der Waals surface area contributed by atoms with Gasteiger partial charge in [-0.3, -0.25) is 0 Å². The SMILES string of the molecule is S=c1[nH]nc(-c2ccccc2I)o1. The summed E-state index contributed by atoms with van der Waals surface area (Å²) in [6.07, 6.45) is 0. The Kier molecular flexibility index (Phi) is 2.45. The van der Waals surface area contributed by atoms with Crippen molar-refractivity contribution in [2.45, 2.75) is 0 Å². The van der Waals surface area contributed by atoms with Crippen molar-refractivity contribution < 1.29 is 4.42 Å². The van der Waals surface area contributed by atoms with E-state index >= 15 is 0 Å². The van der Waals surface area contributed by atoms with Crippen LogP contribution in [0.15, 0.2) is 28.7 Å². The molecule has 66 valence electrons. The van der Waals surface area contributed by atoms with Crippen LogP contribution in [-0.2, 0) is 0 Å². The van der Waals surface area contributed by atoms with Gasteiger partial charge in [0, 0.05) is 3.57 Å². The first-order valence-corrected chi connectivity index (χ1v) is 5.06. The molecule has 1 N–H and O–H groups in total. The van der Waals surface area contributed by atoms with Gasteiger partial charge in [0.2, 0.25) is 5.89 Å². The van der Waals surface area contributed by atoms with Crippen molar-refractivity contribution in [2.24, 2.45) is 0 Å². The lowest BCUT2D eigenvalue weighted by molar-refractivity contribution is 0.551. The van der Waals surface area contributed by atoms with Crippen LogP contribution in [0.4, 0.5) is 0 Å². The van der Waals surface area contributed by atoms with Gasteiger partial charge in [-0.25, -0.2) is 5.10 Å². The van der Waals surface area contributed by atoms with E-state index in [2.05, 4.69) is 32.8 Å². The van der Waals surface area contributed by atoms with E-state index in [1.165, 1.54) is 0 Å². The van der Waals surface area contributed by atoms with Crippen LogP contribution in [0.2, 0.25) is 0 Å². The average Bonchev–Trinajstić information content (AvgIpc) is 2.53. The quantitative estimate of drug-likeness (QED) is 0.650. The van der Waals surface area contributed by atoms with E-state index in [0.717, 1.165) is 9.13 Å². The maximum absolute atomic E-state index is 5.19. The van der Waals surface area contributed by atoms with Crippen LogP contribution < -0.4 is 0 Å². The van der Waals surface area contributed by atoms with Gasteiger partial charge in [-0.2, -0.15) is 0 Å². The molecule has 5 heteroatoms. The van der Waals surface area contributed by atoms with Gasteiger partial charge in [-0.05, 0) is 46.9 Å². The van der Waals surface area contributed by atoms with Crippen LogP contribution in [-0.4, -0.2) is 10.2 Å². The van der Waals surface area contributed by atoms with Crippen molar-refractivity contribution in [3.63, 3.8) is 0 Å². The molecule has 1 aromatic heterocycles. The molecule has 3 nitrogen and oxygen atoms in total. The van der Waals surface area contributed by atoms with Gasteiger partial charge in [0.1, 0.15) is 0 Å². The van der Waals surface area contributed by atoms with Crippen LogP contribution in [0, 0.1) is 8.41 Å². The molecule has 1 aromatic carbocycles. The Bertz CT molecular complexity index is 477. The van der Waals surface area contributed by atoms with Gasteiger partial charge >= 0.3 is 0 Å². The Morgan fingerprint density at radius 3 is 2.77 bits per heavy atom. The molecule has 0 radical (unpaired) electrons. The molecule has 0 bridgehead atoms. The second kappa shape index (κ2) is 3.59. The second-order valence-electron chi connectivity index (χ2n) is 2.40. The summed E-state index contributed by atoms with van der Waals surface area (Å²) in [7, 11) is 0. The lowest BCUT2D eigenvalue weighted by Crippen LogP contribution is -1.81. The summed E-state index contributed by atoms with van der Waals surface area (Å²) in [6, 6.07) is 7.83. The number of halogens is 1. The van der Waals surface area contributed by atoms with Crippen LogP contribution in [0.5, 0.6) is 0 Å². The Labute approximate surface area is 93.3 Å². The third-order valence-corrected chi connectivity index (χ3v) is 2.66. The standard InChI is InChI=1S/C8H5IN2OS/c9-6-4-2-1-3-5(6)7-10-11-8(13)12-7/h1-4H,(H,11,13). The normalized spacial score (nSPS) is 10.2. The number of benzene rings is 1. The highest BCUT2D eigenvalue weighted by Crippen LogP contribution is 2.22. The maximum atomic E-state index is 5.19. The fourth-order valence-corrected chi connectivity index (χ4v) is 1.72. The largest absolute Gasteiger partial charge is 0.409 e. The van der Waals surface area contributed by atoms with E-state index in [1.54, 1.807) is 0 Å². The van der Waals surface area contributed by atoms with Crippen molar-refractivity contribution in [2.75, 3.05) is 0 Å². The molecule has 2 rings (SSSR count). The number of nitrogens with one attached hydrogen (secondary N) is 1. The maximum Gasteiger partial charge on any atom is 0.284 e.